The normalized spacial score (nSPS) is 13.8. The van der Waals surface area contributed by atoms with Gasteiger partial charge in [0.25, 0.3) is 0 Å². The number of aryl methyl sites for hydroxylation is 1. The fourth-order valence-electron chi connectivity index (χ4n) is 2.93. The molecule has 31 heavy (non-hydrogen) atoms. The highest BCUT2D eigenvalue weighted by Gasteiger charge is 2.28. The Balaban J connectivity index is 2.14. The van der Waals surface area contributed by atoms with Gasteiger partial charge in [-0.15, -0.1) is 11.3 Å². The third kappa shape index (κ3) is 5.87. The molecule has 168 valence electrons. The quantitative estimate of drug-likeness (QED) is 0.187. The Bertz CT molecular complexity index is 936. The van der Waals surface area contributed by atoms with Gasteiger partial charge >= 0.3 is 23.8 Å². The second kappa shape index (κ2) is 11.2. The summed E-state index contributed by atoms with van der Waals surface area (Å²) >= 11 is 1.24. The van der Waals surface area contributed by atoms with Crippen LogP contribution in [-0.4, -0.2) is 53.6 Å². The number of nitrogens with one attached hydrogen (secondary N) is 2. The van der Waals surface area contributed by atoms with E-state index in [2.05, 4.69) is 15.6 Å². The summed E-state index contributed by atoms with van der Waals surface area (Å²) in [5.74, 6) is -3.68. The van der Waals surface area contributed by atoms with Crippen LogP contribution in [0.5, 0.6) is 0 Å². The molecule has 1 aliphatic carbocycles. The van der Waals surface area contributed by atoms with Crippen molar-refractivity contribution < 1.29 is 33.9 Å². The molecule has 1 aliphatic rings. The second-order valence-corrected chi connectivity index (χ2v) is 7.50. The second-order valence-electron chi connectivity index (χ2n) is 6.40. The van der Waals surface area contributed by atoms with Gasteiger partial charge in [-0.3, -0.25) is 9.59 Å². The predicted molar refractivity (Wildman–Crippen MR) is 113 cm³/mol. The Labute approximate surface area is 182 Å². The Morgan fingerprint density at radius 3 is 2.39 bits per heavy atom. The van der Waals surface area contributed by atoms with E-state index in [9.17, 15) is 19.2 Å². The number of carbonyl (C=O) groups is 4. The molecule has 0 saturated heterocycles. The summed E-state index contributed by atoms with van der Waals surface area (Å²) in [6.07, 6.45) is 3.39. The summed E-state index contributed by atoms with van der Waals surface area (Å²) in [6, 6.07) is 0. The molecule has 12 heteroatoms. The first-order valence-electron chi connectivity index (χ1n) is 9.70. The van der Waals surface area contributed by atoms with E-state index in [0.717, 1.165) is 29.7 Å². The molecule has 0 aliphatic heterocycles. The summed E-state index contributed by atoms with van der Waals surface area (Å²) in [6.45, 7) is 4.77. The average Bonchev–Trinajstić information content (AvgIpc) is 3.10. The van der Waals surface area contributed by atoms with Crippen LogP contribution in [0.25, 0.3) is 0 Å². The minimum Gasteiger partial charge on any atom is -0.462 e. The van der Waals surface area contributed by atoms with Crippen molar-refractivity contribution in [3.63, 3.8) is 0 Å². The van der Waals surface area contributed by atoms with Crippen LogP contribution in [0.3, 0.4) is 0 Å². The maximum atomic E-state index is 12.4. The molecule has 0 bridgehead atoms. The fourth-order valence-corrected chi connectivity index (χ4v) is 4.20. The first-order valence-corrected chi connectivity index (χ1v) is 10.5. The van der Waals surface area contributed by atoms with Crippen LogP contribution in [0.15, 0.2) is 10.3 Å². The van der Waals surface area contributed by atoms with Crippen LogP contribution in [0, 0.1) is 0 Å². The smallest absolute Gasteiger partial charge is 0.362 e. The lowest BCUT2D eigenvalue weighted by molar-refractivity contribution is -0.136. The Hall–Kier alpha value is -3.28. The van der Waals surface area contributed by atoms with Crippen molar-refractivity contribution in [2.75, 3.05) is 18.5 Å². The lowest BCUT2D eigenvalue weighted by Crippen LogP contribution is -2.34. The van der Waals surface area contributed by atoms with Gasteiger partial charge in [0.05, 0.1) is 24.5 Å². The van der Waals surface area contributed by atoms with Gasteiger partial charge in [-0.1, -0.05) is 5.16 Å². The highest BCUT2D eigenvalue weighted by molar-refractivity contribution is 7.17. The summed E-state index contributed by atoms with van der Waals surface area (Å²) in [5, 5.41) is 18.0. The number of esters is 2. The lowest BCUT2D eigenvalue weighted by atomic mass is 9.95. The number of nitrogens with zero attached hydrogens (tertiary/aromatic N) is 2. The van der Waals surface area contributed by atoms with Crippen molar-refractivity contribution in [1.29, 1.82) is 0 Å². The van der Waals surface area contributed by atoms with E-state index in [4.69, 9.17) is 14.7 Å². The highest BCUT2D eigenvalue weighted by Crippen LogP contribution is 2.38. The molecule has 0 radical (unpaired) electrons. The van der Waals surface area contributed by atoms with Crippen molar-refractivity contribution in [3.05, 3.63) is 16.0 Å². The van der Waals surface area contributed by atoms with E-state index in [-0.39, 0.29) is 29.5 Å². The molecule has 1 aromatic heterocycles. The maximum Gasteiger partial charge on any atom is 0.362 e. The molecule has 2 rings (SSSR count). The first-order chi connectivity index (χ1) is 14.8. The number of hydrogen-bond acceptors (Lipinski definition) is 10. The van der Waals surface area contributed by atoms with Crippen LogP contribution in [-0.2, 0) is 36.7 Å². The summed E-state index contributed by atoms with van der Waals surface area (Å²) in [4.78, 5) is 49.5. The Morgan fingerprint density at radius 2 is 1.74 bits per heavy atom. The summed E-state index contributed by atoms with van der Waals surface area (Å²) < 4.78 is 9.81. The van der Waals surface area contributed by atoms with Gasteiger partial charge in [0.2, 0.25) is 5.71 Å². The van der Waals surface area contributed by atoms with E-state index in [1.807, 2.05) is 5.43 Å². The number of rotatable bonds is 7. The summed E-state index contributed by atoms with van der Waals surface area (Å²) in [7, 11) is 0. The number of hydrazone groups is 1. The van der Waals surface area contributed by atoms with Gasteiger partial charge in [0, 0.05) is 4.88 Å². The molecule has 0 saturated carbocycles. The van der Waals surface area contributed by atoms with Crippen molar-refractivity contribution in [2.24, 2.45) is 10.3 Å². The van der Waals surface area contributed by atoms with Crippen molar-refractivity contribution >= 4 is 51.5 Å². The molecule has 1 heterocycles. The molecule has 0 spiro atoms. The van der Waals surface area contributed by atoms with Gasteiger partial charge in [0.15, 0.2) is 0 Å². The van der Waals surface area contributed by atoms with Gasteiger partial charge < -0.3 is 20.0 Å². The zero-order valence-electron chi connectivity index (χ0n) is 17.4. The van der Waals surface area contributed by atoms with Crippen LogP contribution < -0.4 is 10.7 Å². The molecule has 2 amide bonds. The minimum atomic E-state index is -1.14. The number of ether oxygens (including phenoxy) is 2. The third-order valence-electron chi connectivity index (χ3n) is 4.32. The Kier molecular flexibility index (Phi) is 8.67. The molecular formula is C19H24N4O7S. The van der Waals surface area contributed by atoms with Crippen LogP contribution in [0.1, 0.15) is 54.4 Å². The van der Waals surface area contributed by atoms with Crippen LogP contribution in [0.4, 0.5) is 5.00 Å². The number of hydrogen-bond donors (Lipinski definition) is 3. The lowest BCUT2D eigenvalue weighted by Gasteiger charge is -2.12. The molecule has 0 fully saturated rings. The standard InChI is InChI=1S/C19H24N4O7S/c1-4-29-18(26)13-11-8-6-7-9-12(11)31-17(13)20-15(24)16(25)22-21-10(3)14(23-28)19(27)30-5-2/h28H,4-9H2,1-3H3,(H,20,24)(H,22,25)/b21-10+,23-14+. The molecule has 11 nitrogen and oxygen atoms in total. The van der Waals surface area contributed by atoms with Crippen molar-refractivity contribution in [1.82, 2.24) is 5.43 Å². The van der Waals surface area contributed by atoms with Crippen LogP contribution >= 0.6 is 11.3 Å². The van der Waals surface area contributed by atoms with Gasteiger partial charge in [-0.05, 0) is 52.0 Å². The fraction of sp³-hybridized carbons (Fsp3) is 0.474. The number of carbonyl (C=O) groups excluding carboxylic acids is 4. The molecule has 0 atom stereocenters. The number of anilines is 1. The SMILES string of the molecule is CCOC(=O)C(=N/O)/C(C)=N/NC(=O)C(=O)Nc1sc2c(c1C(=O)OCC)CCCC2. The van der Waals surface area contributed by atoms with Crippen molar-refractivity contribution in [2.45, 2.75) is 46.5 Å². The van der Waals surface area contributed by atoms with Gasteiger partial charge in [-0.2, -0.15) is 5.10 Å². The van der Waals surface area contributed by atoms with Crippen molar-refractivity contribution in [3.8, 4) is 0 Å². The third-order valence-corrected chi connectivity index (χ3v) is 5.53. The Morgan fingerprint density at radius 1 is 1.06 bits per heavy atom. The van der Waals surface area contributed by atoms with Gasteiger partial charge in [-0.25, -0.2) is 15.0 Å². The highest BCUT2D eigenvalue weighted by atomic mass is 32.1. The van der Waals surface area contributed by atoms with E-state index < -0.39 is 29.5 Å². The number of oxime groups is 1. The first kappa shape index (κ1) is 24.0. The predicted octanol–water partition coefficient (Wildman–Crippen LogP) is 1.63. The minimum absolute atomic E-state index is 0.0491. The topological polar surface area (TPSA) is 156 Å². The zero-order chi connectivity index (χ0) is 23.0. The van der Waals surface area contributed by atoms with E-state index in [1.165, 1.54) is 18.3 Å². The molecular weight excluding hydrogens is 428 g/mol. The van der Waals surface area contributed by atoms with E-state index in [0.29, 0.717) is 6.42 Å². The largest absolute Gasteiger partial charge is 0.462 e. The van der Waals surface area contributed by atoms with Gasteiger partial charge in [0.1, 0.15) is 5.00 Å². The van der Waals surface area contributed by atoms with E-state index in [1.54, 1.807) is 13.8 Å². The molecule has 3 N–H and O–H groups in total. The number of amides is 2. The number of thiophene rings is 1. The average molecular weight is 452 g/mol. The van der Waals surface area contributed by atoms with E-state index >= 15 is 0 Å². The number of fused-ring (bicyclic) bond motifs is 1. The molecule has 1 aromatic rings. The zero-order valence-corrected chi connectivity index (χ0v) is 18.3. The monoisotopic (exact) mass is 452 g/mol. The molecule has 0 unspecified atom stereocenters. The van der Waals surface area contributed by atoms with Crippen LogP contribution in [0.2, 0.25) is 0 Å². The molecule has 0 aromatic carbocycles. The maximum absolute atomic E-state index is 12.4. The summed E-state index contributed by atoms with van der Waals surface area (Å²) in [5.41, 5.74) is 2.42.